The van der Waals surface area contributed by atoms with Crippen molar-refractivity contribution in [3.8, 4) is 0 Å². The normalized spacial score (nSPS) is 22.9. The van der Waals surface area contributed by atoms with Gasteiger partial charge in [0, 0.05) is 20.1 Å². The molecule has 1 aliphatic carbocycles. The van der Waals surface area contributed by atoms with E-state index in [-0.39, 0.29) is 11.3 Å². The molecule has 106 valence electrons. The van der Waals surface area contributed by atoms with Crippen LogP contribution in [0, 0.1) is 17.3 Å². The summed E-state index contributed by atoms with van der Waals surface area (Å²) in [7, 11) is 1.95. The second-order valence-corrected chi connectivity index (χ2v) is 6.14. The van der Waals surface area contributed by atoms with Gasteiger partial charge >= 0.3 is 0 Å². The molecule has 0 heterocycles. The van der Waals surface area contributed by atoms with Gasteiger partial charge in [-0.2, -0.15) is 0 Å². The predicted octanol–water partition coefficient (Wildman–Crippen LogP) is 2.65. The standard InChI is InChI=1S/C15H30N2O/c1-5-7-15(11-16,8-6-2)14(18)17(4)10-13-9-12(13)3/h12-13H,5-11,16H2,1-4H3. The molecule has 0 aromatic carbocycles. The smallest absolute Gasteiger partial charge is 0.229 e. The van der Waals surface area contributed by atoms with E-state index in [4.69, 9.17) is 5.73 Å². The van der Waals surface area contributed by atoms with Crippen LogP contribution < -0.4 is 5.73 Å². The molecule has 0 aromatic heterocycles. The minimum absolute atomic E-state index is 0.271. The van der Waals surface area contributed by atoms with E-state index in [2.05, 4.69) is 20.8 Å². The topological polar surface area (TPSA) is 46.3 Å². The largest absolute Gasteiger partial charge is 0.345 e. The summed E-state index contributed by atoms with van der Waals surface area (Å²) in [5, 5.41) is 0. The molecule has 0 saturated heterocycles. The molecule has 1 fully saturated rings. The fourth-order valence-corrected chi connectivity index (χ4v) is 3.08. The number of carbonyl (C=O) groups excluding carboxylic acids is 1. The van der Waals surface area contributed by atoms with Crippen LogP contribution in [0.25, 0.3) is 0 Å². The second kappa shape index (κ2) is 6.55. The summed E-state index contributed by atoms with van der Waals surface area (Å²) < 4.78 is 0. The van der Waals surface area contributed by atoms with Gasteiger partial charge in [-0.15, -0.1) is 0 Å². The first kappa shape index (κ1) is 15.5. The van der Waals surface area contributed by atoms with Gasteiger partial charge in [0.25, 0.3) is 0 Å². The van der Waals surface area contributed by atoms with E-state index in [1.54, 1.807) is 0 Å². The van der Waals surface area contributed by atoms with Crippen molar-refractivity contribution in [1.29, 1.82) is 0 Å². The Morgan fingerprint density at radius 3 is 2.17 bits per heavy atom. The van der Waals surface area contributed by atoms with E-state index >= 15 is 0 Å². The Kier molecular flexibility index (Phi) is 5.64. The van der Waals surface area contributed by atoms with Crippen molar-refractivity contribution in [3.63, 3.8) is 0 Å². The number of nitrogens with zero attached hydrogens (tertiary/aromatic N) is 1. The lowest BCUT2D eigenvalue weighted by molar-refractivity contribution is -0.141. The third kappa shape index (κ3) is 3.47. The van der Waals surface area contributed by atoms with Crippen molar-refractivity contribution in [2.75, 3.05) is 20.1 Å². The summed E-state index contributed by atoms with van der Waals surface area (Å²) in [5.41, 5.74) is 5.64. The maximum absolute atomic E-state index is 12.7. The zero-order chi connectivity index (χ0) is 13.8. The van der Waals surface area contributed by atoms with Crippen molar-refractivity contribution >= 4 is 5.91 Å². The van der Waals surface area contributed by atoms with Gasteiger partial charge in [-0.1, -0.05) is 33.6 Å². The molecule has 3 heteroatoms. The average molecular weight is 254 g/mol. The van der Waals surface area contributed by atoms with Gasteiger partial charge in [-0.3, -0.25) is 4.79 Å². The molecule has 1 saturated carbocycles. The van der Waals surface area contributed by atoms with Crippen molar-refractivity contribution in [3.05, 3.63) is 0 Å². The fourth-order valence-electron chi connectivity index (χ4n) is 3.08. The Morgan fingerprint density at radius 2 is 1.83 bits per heavy atom. The van der Waals surface area contributed by atoms with E-state index in [9.17, 15) is 4.79 Å². The number of hydrogen-bond donors (Lipinski definition) is 1. The zero-order valence-corrected chi connectivity index (χ0v) is 12.5. The molecular formula is C15H30N2O. The third-order valence-electron chi connectivity index (χ3n) is 4.43. The zero-order valence-electron chi connectivity index (χ0n) is 12.5. The van der Waals surface area contributed by atoms with Crippen molar-refractivity contribution in [1.82, 2.24) is 4.90 Å². The minimum atomic E-state index is -0.309. The van der Waals surface area contributed by atoms with Gasteiger partial charge < -0.3 is 10.6 Å². The van der Waals surface area contributed by atoms with Crippen molar-refractivity contribution in [2.24, 2.45) is 23.0 Å². The van der Waals surface area contributed by atoms with Crippen LogP contribution in [0.5, 0.6) is 0 Å². The highest BCUT2D eigenvalue weighted by atomic mass is 16.2. The Morgan fingerprint density at radius 1 is 1.33 bits per heavy atom. The highest BCUT2D eigenvalue weighted by molar-refractivity contribution is 5.82. The molecule has 0 radical (unpaired) electrons. The highest BCUT2D eigenvalue weighted by Crippen LogP contribution is 2.39. The first-order valence-corrected chi connectivity index (χ1v) is 7.46. The lowest BCUT2D eigenvalue weighted by Crippen LogP contribution is -2.47. The lowest BCUT2D eigenvalue weighted by Gasteiger charge is -2.35. The maximum Gasteiger partial charge on any atom is 0.229 e. The van der Waals surface area contributed by atoms with E-state index in [0.717, 1.165) is 44.1 Å². The van der Waals surface area contributed by atoms with Crippen LogP contribution in [0.3, 0.4) is 0 Å². The van der Waals surface area contributed by atoms with Crippen molar-refractivity contribution < 1.29 is 4.79 Å². The number of carbonyl (C=O) groups is 1. The van der Waals surface area contributed by atoms with Crippen LogP contribution in [-0.4, -0.2) is 30.9 Å². The average Bonchev–Trinajstić information content (AvgIpc) is 3.03. The Bertz CT molecular complexity index is 272. The number of nitrogens with two attached hydrogens (primary N) is 1. The van der Waals surface area contributed by atoms with E-state index in [0.29, 0.717) is 6.54 Å². The molecule has 2 unspecified atom stereocenters. The van der Waals surface area contributed by atoms with E-state index in [1.165, 1.54) is 6.42 Å². The summed E-state index contributed by atoms with van der Waals surface area (Å²) in [4.78, 5) is 14.6. The van der Waals surface area contributed by atoms with Gasteiger partial charge in [0.2, 0.25) is 5.91 Å². The summed E-state index contributed by atoms with van der Waals surface area (Å²) in [6, 6.07) is 0. The molecule has 3 nitrogen and oxygen atoms in total. The molecule has 1 aliphatic rings. The predicted molar refractivity (Wildman–Crippen MR) is 76.2 cm³/mol. The molecular weight excluding hydrogens is 224 g/mol. The molecule has 1 rings (SSSR count). The monoisotopic (exact) mass is 254 g/mol. The Hall–Kier alpha value is -0.570. The van der Waals surface area contributed by atoms with Gasteiger partial charge in [-0.05, 0) is 31.1 Å². The summed E-state index contributed by atoms with van der Waals surface area (Å²) in [5.74, 6) is 1.79. The summed E-state index contributed by atoms with van der Waals surface area (Å²) in [6.45, 7) is 7.93. The number of hydrogen-bond acceptors (Lipinski definition) is 2. The lowest BCUT2D eigenvalue weighted by atomic mass is 9.78. The Labute approximate surface area is 112 Å². The van der Waals surface area contributed by atoms with Crippen molar-refractivity contribution in [2.45, 2.75) is 52.9 Å². The third-order valence-corrected chi connectivity index (χ3v) is 4.43. The van der Waals surface area contributed by atoms with Crippen LogP contribution in [0.4, 0.5) is 0 Å². The molecule has 2 atom stereocenters. The van der Waals surface area contributed by atoms with E-state index in [1.807, 2.05) is 11.9 Å². The molecule has 18 heavy (non-hydrogen) atoms. The van der Waals surface area contributed by atoms with Gasteiger partial charge in [0.05, 0.1) is 5.41 Å². The Balaban J connectivity index is 2.67. The fraction of sp³-hybridized carbons (Fsp3) is 0.933. The van der Waals surface area contributed by atoms with E-state index < -0.39 is 0 Å². The maximum atomic E-state index is 12.7. The molecule has 2 N–H and O–H groups in total. The summed E-state index contributed by atoms with van der Waals surface area (Å²) in [6.07, 6.45) is 5.16. The second-order valence-electron chi connectivity index (χ2n) is 6.14. The SMILES string of the molecule is CCCC(CN)(CCC)C(=O)N(C)CC1CC1C. The first-order valence-electron chi connectivity index (χ1n) is 7.46. The quantitative estimate of drug-likeness (QED) is 0.724. The molecule has 0 spiro atoms. The van der Waals surface area contributed by atoms with Gasteiger partial charge in [-0.25, -0.2) is 0 Å². The first-order chi connectivity index (χ1) is 8.50. The summed E-state index contributed by atoms with van der Waals surface area (Å²) >= 11 is 0. The van der Waals surface area contributed by atoms with Crippen LogP contribution in [-0.2, 0) is 4.79 Å². The molecule has 0 aliphatic heterocycles. The highest BCUT2D eigenvalue weighted by Gasteiger charge is 2.40. The molecule has 1 amide bonds. The van der Waals surface area contributed by atoms with Crippen LogP contribution >= 0.6 is 0 Å². The molecule has 0 aromatic rings. The van der Waals surface area contributed by atoms with Crippen LogP contribution in [0.1, 0.15) is 52.9 Å². The number of rotatable bonds is 8. The van der Waals surface area contributed by atoms with Gasteiger partial charge in [0.1, 0.15) is 0 Å². The molecule has 0 bridgehead atoms. The van der Waals surface area contributed by atoms with Crippen LogP contribution in [0.15, 0.2) is 0 Å². The van der Waals surface area contributed by atoms with Gasteiger partial charge in [0.15, 0.2) is 0 Å². The minimum Gasteiger partial charge on any atom is -0.345 e. The number of amides is 1. The van der Waals surface area contributed by atoms with Crippen LogP contribution in [0.2, 0.25) is 0 Å².